The average Bonchev–Trinajstić information content (AvgIpc) is 3.50. The molecule has 1 fully saturated rings. The first-order chi connectivity index (χ1) is 20.0. The molecule has 2 atom stereocenters. The number of hydrogen-bond acceptors (Lipinski definition) is 4. The van der Waals surface area contributed by atoms with Crippen LogP contribution in [0.2, 0.25) is 0 Å². The molecule has 3 aromatic carbocycles. The Labute approximate surface area is 244 Å². The van der Waals surface area contributed by atoms with Crippen LogP contribution in [-0.2, 0) is 27.3 Å². The molecule has 4 rings (SSSR count). The normalized spacial score (nSPS) is 15.7. The summed E-state index contributed by atoms with van der Waals surface area (Å²) in [6.45, 7) is 6.67. The minimum absolute atomic E-state index is 0.0474. The number of benzene rings is 3. The summed E-state index contributed by atoms with van der Waals surface area (Å²) in [6, 6.07) is 23.2. The maximum Gasteiger partial charge on any atom is 0.243 e. The zero-order valence-electron chi connectivity index (χ0n) is 24.4. The van der Waals surface area contributed by atoms with Gasteiger partial charge in [0.1, 0.15) is 12.1 Å². The van der Waals surface area contributed by atoms with E-state index in [2.05, 4.69) is 46.3 Å². The highest BCUT2D eigenvalue weighted by Crippen LogP contribution is 2.23. The third-order valence-corrected chi connectivity index (χ3v) is 8.06. The smallest absolute Gasteiger partial charge is 0.243 e. The maximum absolute atomic E-state index is 13.5. The van der Waals surface area contributed by atoms with E-state index in [4.69, 9.17) is 0 Å². The minimum atomic E-state index is -0.730. The lowest BCUT2D eigenvalue weighted by Crippen LogP contribution is -2.54. The lowest BCUT2D eigenvalue weighted by atomic mass is 10.00. The van der Waals surface area contributed by atoms with Crippen LogP contribution in [0.1, 0.15) is 57.1 Å². The number of amides is 3. The summed E-state index contributed by atoms with van der Waals surface area (Å²) in [5.41, 5.74) is 2.20. The third kappa shape index (κ3) is 8.40. The van der Waals surface area contributed by atoms with Crippen molar-refractivity contribution in [1.29, 1.82) is 0 Å². The van der Waals surface area contributed by atoms with Gasteiger partial charge < -0.3 is 20.9 Å². The Balaban J connectivity index is 1.39. The van der Waals surface area contributed by atoms with Gasteiger partial charge in [-0.3, -0.25) is 14.4 Å². The van der Waals surface area contributed by atoms with E-state index < -0.39 is 12.1 Å². The van der Waals surface area contributed by atoms with Gasteiger partial charge >= 0.3 is 0 Å². The Hall–Kier alpha value is -3.71. The Morgan fingerprint density at radius 1 is 0.878 bits per heavy atom. The van der Waals surface area contributed by atoms with Crippen molar-refractivity contribution in [3.05, 3.63) is 83.9 Å². The van der Waals surface area contributed by atoms with Crippen LogP contribution >= 0.6 is 0 Å². The second-order valence-corrected chi connectivity index (χ2v) is 11.0. The van der Waals surface area contributed by atoms with Crippen LogP contribution in [-0.4, -0.2) is 54.3 Å². The molecule has 7 nitrogen and oxygen atoms in total. The van der Waals surface area contributed by atoms with E-state index in [0.717, 1.165) is 55.1 Å². The zero-order chi connectivity index (χ0) is 29.0. The molecule has 0 bridgehead atoms. The lowest BCUT2D eigenvalue weighted by Gasteiger charge is -2.29. The summed E-state index contributed by atoms with van der Waals surface area (Å²) in [6.07, 6.45) is 4.08. The molecule has 3 amide bonds. The topological polar surface area (TPSA) is 90.5 Å². The fourth-order valence-corrected chi connectivity index (χ4v) is 5.63. The van der Waals surface area contributed by atoms with E-state index in [1.165, 1.54) is 5.56 Å². The van der Waals surface area contributed by atoms with Gasteiger partial charge in [-0.25, -0.2) is 0 Å². The van der Waals surface area contributed by atoms with Crippen molar-refractivity contribution in [2.24, 2.45) is 5.92 Å². The number of nitrogens with zero attached hydrogens (tertiary/aromatic N) is 1. The van der Waals surface area contributed by atoms with Crippen LogP contribution in [0.3, 0.4) is 0 Å². The first-order valence-corrected chi connectivity index (χ1v) is 15.1. The number of fused-ring (bicyclic) bond motifs is 1. The fraction of sp³-hybridized carbons (Fsp3) is 0.441. The molecular formula is C34H44N4O3. The molecule has 0 radical (unpaired) electrons. The van der Waals surface area contributed by atoms with E-state index in [9.17, 15) is 14.4 Å². The summed E-state index contributed by atoms with van der Waals surface area (Å²) in [5, 5.41) is 11.7. The molecule has 7 heteroatoms. The van der Waals surface area contributed by atoms with Crippen molar-refractivity contribution in [2.45, 2.75) is 71.0 Å². The molecular weight excluding hydrogens is 512 g/mol. The zero-order valence-corrected chi connectivity index (χ0v) is 24.4. The van der Waals surface area contributed by atoms with Crippen LogP contribution in [0.4, 0.5) is 0 Å². The summed E-state index contributed by atoms with van der Waals surface area (Å²) < 4.78 is 0. The first-order valence-electron chi connectivity index (χ1n) is 15.1. The Kier molecular flexibility index (Phi) is 11.3. The van der Waals surface area contributed by atoms with E-state index in [1.807, 2.05) is 56.3 Å². The highest BCUT2D eigenvalue weighted by Gasteiger charge is 2.37. The molecule has 1 aliphatic rings. The lowest BCUT2D eigenvalue weighted by molar-refractivity contribution is -0.142. The molecule has 0 aromatic heterocycles. The van der Waals surface area contributed by atoms with Crippen LogP contribution in [0, 0.1) is 5.92 Å². The van der Waals surface area contributed by atoms with Crippen molar-refractivity contribution in [3.8, 4) is 0 Å². The van der Waals surface area contributed by atoms with E-state index in [0.29, 0.717) is 25.9 Å². The van der Waals surface area contributed by atoms with Gasteiger partial charge in [0.25, 0.3) is 0 Å². The van der Waals surface area contributed by atoms with Crippen molar-refractivity contribution < 1.29 is 14.4 Å². The largest absolute Gasteiger partial charge is 0.354 e. The SMILES string of the molecule is CCC(CC)C(=O)N1CCC[C@H]1C(=O)N[C@H](Cc1ccc2ccccc2c1)C(=O)NCCCNCc1ccccc1. The van der Waals surface area contributed by atoms with Gasteiger partial charge in [0, 0.05) is 32.0 Å². The highest BCUT2D eigenvalue weighted by atomic mass is 16.2. The van der Waals surface area contributed by atoms with E-state index in [1.54, 1.807) is 4.90 Å². The number of nitrogens with one attached hydrogen (secondary N) is 3. The molecule has 0 saturated carbocycles. The number of carbonyl (C=O) groups is 3. The predicted octanol–water partition coefficient (Wildman–Crippen LogP) is 4.59. The molecule has 3 N–H and O–H groups in total. The van der Waals surface area contributed by atoms with Crippen LogP contribution < -0.4 is 16.0 Å². The molecule has 0 spiro atoms. The Bertz CT molecular complexity index is 1290. The molecule has 3 aromatic rings. The second kappa shape index (κ2) is 15.3. The van der Waals surface area contributed by atoms with E-state index in [-0.39, 0.29) is 23.6 Å². The summed E-state index contributed by atoms with van der Waals surface area (Å²) >= 11 is 0. The summed E-state index contributed by atoms with van der Waals surface area (Å²) in [4.78, 5) is 41.8. The number of rotatable bonds is 14. The quantitative estimate of drug-likeness (QED) is 0.253. The molecule has 1 saturated heterocycles. The Morgan fingerprint density at radius 3 is 2.37 bits per heavy atom. The number of likely N-dealkylation sites (tertiary alicyclic amines) is 1. The van der Waals surface area contributed by atoms with Gasteiger partial charge in [-0.2, -0.15) is 0 Å². The second-order valence-electron chi connectivity index (χ2n) is 11.0. The van der Waals surface area contributed by atoms with Gasteiger partial charge in [0.05, 0.1) is 0 Å². The molecule has 0 aliphatic carbocycles. The monoisotopic (exact) mass is 556 g/mol. The van der Waals surface area contributed by atoms with Gasteiger partial charge in [-0.05, 0) is 60.5 Å². The first kappa shape index (κ1) is 30.3. The van der Waals surface area contributed by atoms with Crippen LogP contribution in [0.15, 0.2) is 72.8 Å². The molecule has 1 heterocycles. The van der Waals surface area contributed by atoms with Crippen molar-refractivity contribution in [3.63, 3.8) is 0 Å². The van der Waals surface area contributed by atoms with Crippen LogP contribution in [0.25, 0.3) is 10.8 Å². The highest BCUT2D eigenvalue weighted by molar-refractivity contribution is 5.93. The summed E-state index contributed by atoms with van der Waals surface area (Å²) in [5.74, 6) is -0.473. The maximum atomic E-state index is 13.5. The van der Waals surface area contributed by atoms with Crippen molar-refractivity contribution in [1.82, 2.24) is 20.9 Å². The average molecular weight is 557 g/mol. The van der Waals surface area contributed by atoms with Gasteiger partial charge in [-0.15, -0.1) is 0 Å². The van der Waals surface area contributed by atoms with Crippen molar-refractivity contribution >= 4 is 28.5 Å². The number of carbonyl (C=O) groups excluding carboxylic acids is 3. The summed E-state index contributed by atoms with van der Waals surface area (Å²) in [7, 11) is 0. The fourth-order valence-electron chi connectivity index (χ4n) is 5.63. The predicted molar refractivity (Wildman–Crippen MR) is 164 cm³/mol. The van der Waals surface area contributed by atoms with Gasteiger partial charge in [-0.1, -0.05) is 86.6 Å². The number of hydrogen-bond donors (Lipinski definition) is 3. The van der Waals surface area contributed by atoms with Gasteiger partial charge in [0.15, 0.2) is 0 Å². The minimum Gasteiger partial charge on any atom is -0.354 e. The van der Waals surface area contributed by atoms with Crippen LogP contribution in [0.5, 0.6) is 0 Å². The van der Waals surface area contributed by atoms with Gasteiger partial charge in [0.2, 0.25) is 17.7 Å². The third-order valence-electron chi connectivity index (χ3n) is 8.06. The van der Waals surface area contributed by atoms with Crippen molar-refractivity contribution in [2.75, 3.05) is 19.6 Å². The molecule has 41 heavy (non-hydrogen) atoms. The molecule has 1 aliphatic heterocycles. The standard InChI is InChI=1S/C34H44N4O3/c1-3-27(4-2)34(41)38-21-10-16-31(38)33(40)37-30(23-26-17-18-28-14-8-9-15-29(28)22-26)32(39)36-20-11-19-35-24-25-12-6-5-7-13-25/h5-9,12-15,17-18,22,27,30-31,35H,3-4,10-11,16,19-21,23-24H2,1-2H3,(H,36,39)(H,37,40)/t30-,31+/m1/s1. The van der Waals surface area contributed by atoms with E-state index >= 15 is 0 Å². The Morgan fingerprint density at radius 2 is 1.61 bits per heavy atom. The molecule has 0 unspecified atom stereocenters. The molecule has 218 valence electrons.